The molecule has 0 spiro atoms. The number of benzene rings is 1. The van der Waals surface area contributed by atoms with Gasteiger partial charge in [-0.1, -0.05) is 6.08 Å². The first-order valence-electron chi connectivity index (χ1n) is 7.30. The fourth-order valence-electron chi connectivity index (χ4n) is 1.86. The van der Waals surface area contributed by atoms with Crippen LogP contribution in [0.25, 0.3) is 6.08 Å². The molecule has 0 atom stereocenters. The molecule has 0 aliphatic carbocycles. The van der Waals surface area contributed by atoms with Gasteiger partial charge in [-0.3, -0.25) is 0 Å². The molecule has 24 heavy (non-hydrogen) atoms. The van der Waals surface area contributed by atoms with Crippen LogP contribution in [-0.4, -0.2) is 43.5 Å². The Morgan fingerprint density at radius 2 is 1.71 bits per heavy atom. The third-order valence-corrected chi connectivity index (χ3v) is 2.84. The van der Waals surface area contributed by atoms with E-state index in [4.69, 9.17) is 19.3 Å². The number of ether oxygens (including phenoxy) is 3. The molecule has 0 bridgehead atoms. The number of nitrogens with one attached hydrogen (secondary N) is 1. The van der Waals surface area contributed by atoms with E-state index in [-0.39, 0.29) is 12.1 Å². The maximum absolute atomic E-state index is 11.6. The zero-order valence-electron chi connectivity index (χ0n) is 14.5. The number of carboxylic acids is 1. The zero-order chi connectivity index (χ0) is 18.3. The van der Waals surface area contributed by atoms with Crippen LogP contribution in [0.3, 0.4) is 0 Å². The number of hydrogen-bond donors (Lipinski definition) is 2. The van der Waals surface area contributed by atoms with Gasteiger partial charge >= 0.3 is 12.1 Å². The van der Waals surface area contributed by atoms with Gasteiger partial charge in [0.05, 0.1) is 25.3 Å². The number of carbonyl (C=O) groups excluding carboxylic acids is 1. The van der Waals surface area contributed by atoms with Crippen LogP contribution < -0.4 is 14.8 Å². The Morgan fingerprint density at radius 3 is 2.12 bits per heavy atom. The lowest BCUT2D eigenvalue weighted by atomic mass is 10.1. The normalized spacial score (nSPS) is 11.2. The molecule has 1 aromatic rings. The molecule has 0 heterocycles. The predicted octanol–water partition coefficient (Wildman–Crippen LogP) is 2.94. The molecule has 0 fully saturated rings. The molecular weight excluding hydrogens is 314 g/mol. The van der Waals surface area contributed by atoms with Gasteiger partial charge in [0, 0.05) is 6.54 Å². The first-order chi connectivity index (χ1) is 11.2. The van der Waals surface area contributed by atoms with Gasteiger partial charge in [-0.2, -0.15) is 0 Å². The molecule has 0 unspecified atom stereocenters. The van der Waals surface area contributed by atoms with Gasteiger partial charge in [0.1, 0.15) is 17.1 Å². The van der Waals surface area contributed by atoms with Crippen molar-refractivity contribution in [2.24, 2.45) is 0 Å². The smallest absolute Gasteiger partial charge is 0.407 e. The molecule has 0 saturated carbocycles. The van der Waals surface area contributed by atoms with Gasteiger partial charge < -0.3 is 24.6 Å². The molecule has 2 N–H and O–H groups in total. The number of hydrogen-bond acceptors (Lipinski definition) is 5. The van der Waals surface area contributed by atoms with Gasteiger partial charge in [0.25, 0.3) is 0 Å². The second kappa shape index (κ2) is 8.24. The topological polar surface area (TPSA) is 94.1 Å². The minimum absolute atomic E-state index is 0.0627. The van der Waals surface area contributed by atoms with Crippen molar-refractivity contribution in [3.05, 3.63) is 29.3 Å². The van der Waals surface area contributed by atoms with E-state index < -0.39 is 17.7 Å². The Hall–Kier alpha value is -2.70. The summed E-state index contributed by atoms with van der Waals surface area (Å²) in [5.41, 5.74) is 0.0797. The summed E-state index contributed by atoms with van der Waals surface area (Å²) in [6.45, 7) is 5.58. The van der Waals surface area contributed by atoms with Crippen molar-refractivity contribution >= 4 is 18.1 Å². The lowest BCUT2D eigenvalue weighted by Gasteiger charge is -2.19. The van der Waals surface area contributed by atoms with Crippen molar-refractivity contribution in [1.29, 1.82) is 0 Å². The molecule has 0 aromatic heterocycles. The third kappa shape index (κ3) is 5.83. The minimum atomic E-state index is -1.08. The second-order valence-electron chi connectivity index (χ2n) is 5.88. The van der Waals surface area contributed by atoms with Gasteiger partial charge in [-0.05, 0) is 39.0 Å². The monoisotopic (exact) mass is 337 g/mol. The second-order valence-corrected chi connectivity index (χ2v) is 5.88. The molecule has 7 nitrogen and oxygen atoms in total. The summed E-state index contributed by atoms with van der Waals surface area (Å²) >= 11 is 0. The Morgan fingerprint density at radius 1 is 1.17 bits per heavy atom. The zero-order valence-corrected chi connectivity index (χ0v) is 14.5. The largest absolute Gasteiger partial charge is 0.496 e. The van der Waals surface area contributed by atoms with E-state index in [1.54, 1.807) is 32.9 Å². The molecule has 1 amide bonds. The average molecular weight is 337 g/mol. The fourth-order valence-corrected chi connectivity index (χ4v) is 1.86. The molecule has 7 heteroatoms. The van der Waals surface area contributed by atoms with Gasteiger partial charge in [0.15, 0.2) is 0 Å². The number of amides is 1. The molecule has 0 aliphatic heterocycles. The molecule has 0 radical (unpaired) electrons. The van der Waals surface area contributed by atoms with E-state index in [1.807, 2.05) is 0 Å². The Labute approximate surface area is 141 Å². The molecule has 132 valence electrons. The minimum Gasteiger partial charge on any atom is -0.496 e. The van der Waals surface area contributed by atoms with Crippen molar-refractivity contribution < 1.29 is 28.9 Å². The summed E-state index contributed by atoms with van der Waals surface area (Å²) in [4.78, 5) is 22.7. The summed E-state index contributed by atoms with van der Waals surface area (Å²) in [7, 11) is 2.88. The van der Waals surface area contributed by atoms with Gasteiger partial charge in [0.2, 0.25) is 0 Å². The highest BCUT2D eigenvalue weighted by Crippen LogP contribution is 2.31. The van der Waals surface area contributed by atoms with E-state index in [0.717, 1.165) is 0 Å². The number of rotatable bonds is 6. The van der Waals surface area contributed by atoms with Crippen molar-refractivity contribution in [3.63, 3.8) is 0 Å². The average Bonchev–Trinajstić information content (AvgIpc) is 2.48. The fraction of sp³-hybridized carbons (Fsp3) is 0.412. The lowest BCUT2D eigenvalue weighted by molar-refractivity contribution is 0.0533. The van der Waals surface area contributed by atoms with Crippen molar-refractivity contribution in [3.8, 4) is 11.5 Å². The third-order valence-electron chi connectivity index (χ3n) is 2.84. The maximum Gasteiger partial charge on any atom is 0.407 e. The maximum atomic E-state index is 11.6. The van der Waals surface area contributed by atoms with Gasteiger partial charge in [-0.25, -0.2) is 9.59 Å². The van der Waals surface area contributed by atoms with Crippen LogP contribution in [0.2, 0.25) is 0 Å². The van der Waals surface area contributed by atoms with E-state index in [9.17, 15) is 9.59 Å². The van der Waals surface area contributed by atoms with Crippen molar-refractivity contribution in [1.82, 2.24) is 5.32 Å². The number of alkyl carbamates (subject to hydrolysis) is 1. The van der Waals surface area contributed by atoms with Crippen LogP contribution in [-0.2, 0) is 4.74 Å². The first-order valence-corrected chi connectivity index (χ1v) is 7.30. The van der Waals surface area contributed by atoms with E-state index in [0.29, 0.717) is 17.1 Å². The van der Waals surface area contributed by atoms with Crippen LogP contribution in [0, 0.1) is 0 Å². The summed E-state index contributed by atoms with van der Waals surface area (Å²) in [5.74, 6) is -0.353. The summed E-state index contributed by atoms with van der Waals surface area (Å²) in [6, 6.07) is 2.82. The lowest BCUT2D eigenvalue weighted by Crippen LogP contribution is -2.32. The van der Waals surface area contributed by atoms with Gasteiger partial charge in [-0.15, -0.1) is 0 Å². The van der Waals surface area contributed by atoms with Crippen molar-refractivity contribution in [2.45, 2.75) is 26.4 Å². The summed E-state index contributed by atoms with van der Waals surface area (Å²) < 4.78 is 15.6. The summed E-state index contributed by atoms with van der Waals surface area (Å²) in [5, 5.41) is 11.7. The van der Waals surface area contributed by atoms with E-state index >= 15 is 0 Å². The highest BCUT2D eigenvalue weighted by molar-refractivity contribution is 5.90. The van der Waals surface area contributed by atoms with Crippen LogP contribution in [0.15, 0.2) is 18.2 Å². The Bertz CT molecular complexity index is 605. The Balaban J connectivity index is 2.86. The molecule has 1 rings (SSSR count). The van der Waals surface area contributed by atoms with Crippen LogP contribution in [0.4, 0.5) is 4.79 Å². The predicted molar refractivity (Wildman–Crippen MR) is 89.8 cm³/mol. The molecular formula is C17H23NO6. The number of methoxy groups -OCH3 is 2. The van der Waals surface area contributed by atoms with Crippen molar-refractivity contribution in [2.75, 3.05) is 20.8 Å². The van der Waals surface area contributed by atoms with Crippen LogP contribution >= 0.6 is 0 Å². The highest BCUT2D eigenvalue weighted by atomic mass is 16.6. The number of aromatic carboxylic acids is 1. The van der Waals surface area contributed by atoms with Crippen LogP contribution in [0.5, 0.6) is 11.5 Å². The Kier molecular flexibility index (Phi) is 6.64. The number of carboxylic acid groups (broad SMARTS) is 1. The quantitative estimate of drug-likeness (QED) is 0.829. The molecule has 1 aromatic carbocycles. The van der Waals surface area contributed by atoms with E-state index in [1.165, 1.54) is 26.4 Å². The molecule has 0 aliphatic rings. The summed E-state index contributed by atoms with van der Waals surface area (Å²) in [6.07, 6.45) is 2.85. The first kappa shape index (κ1) is 19.3. The SMILES string of the molecule is COc1cc(C(=O)O)cc(OC)c1C=CCNC(=O)OC(C)(C)C. The number of carbonyl (C=O) groups is 2. The molecule has 0 saturated heterocycles. The highest BCUT2D eigenvalue weighted by Gasteiger charge is 2.16. The van der Waals surface area contributed by atoms with E-state index in [2.05, 4.69) is 5.32 Å². The van der Waals surface area contributed by atoms with Crippen LogP contribution in [0.1, 0.15) is 36.7 Å². The standard InChI is InChI=1S/C17H23NO6/c1-17(2,3)24-16(21)18-8-6-7-12-13(22-4)9-11(15(19)20)10-14(12)23-5/h6-7,9-10H,8H2,1-5H3,(H,18,21)(H,19,20).